The Hall–Kier alpha value is -4.80. The summed E-state index contributed by atoms with van der Waals surface area (Å²) in [5.74, 6) is 0.850. The molecule has 0 saturated heterocycles. The number of benzene rings is 5. The second-order valence-electron chi connectivity index (χ2n) is 9.56. The molecule has 4 heteroatoms. The van der Waals surface area contributed by atoms with Gasteiger partial charge in [-0.15, -0.1) is 21.5 Å². The third-order valence-electron chi connectivity index (χ3n) is 7.35. The Balaban J connectivity index is 1.18. The zero-order valence-electron chi connectivity index (χ0n) is 20.4. The normalized spacial score (nSPS) is 11.7. The van der Waals surface area contributed by atoms with Crippen LogP contribution >= 0.6 is 11.3 Å². The Morgan fingerprint density at radius 3 is 2.18 bits per heavy atom. The zero-order chi connectivity index (χ0) is 25.1. The topological polar surface area (TPSA) is 30.2 Å². The third-order valence-corrected chi connectivity index (χ3v) is 8.57. The van der Waals surface area contributed by atoms with Crippen LogP contribution < -0.4 is 0 Å². The highest BCUT2D eigenvalue weighted by atomic mass is 32.1. The van der Waals surface area contributed by atoms with E-state index in [1.165, 1.54) is 47.8 Å². The molecule has 3 heterocycles. The molecular formula is C34H21N3S. The van der Waals surface area contributed by atoms with E-state index in [0.717, 1.165) is 22.4 Å². The molecule has 0 fully saturated rings. The van der Waals surface area contributed by atoms with Gasteiger partial charge < -0.3 is 0 Å². The van der Waals surface area contributed by atoms with Crippen LogP contribution in [0.1, 0.15) is 0 Å². The molecule has 0 radical (unpaired) electrons. The van der Waals surface area contributed by atoms with Crippen molar-refractivity contribution in [3.8, 4) is 33.6 Å². The first-order valence-corrected chi connectivity index (χ1v) is 13.5. The Kier molecular flexibility index (Phi) is 4.69. The first-order chi connectivity index (χ1) is 18.8. The van der Waals surface area contributed by atoms with Gasteiger partial charge in [0, 0.05) is 37.3 Å². The van der Waals surface area contributed by atoms with Gasteiger partial charge in [0.25, 0.3) is 0 Å². The van der Waals surface area contributed by atoms with Crippen LogP contribution in [-0.4, -0.2) is 14.6 Å². The maximum absolute atomic E-state index is 4.53. The van der Waals surface area contributed by atoms with Gasteiger partial charge >= 0.3 is 0 Å². The molecule has 0 atom stereocenters. The number of pyridine rings is 1. The van der Waals surface area contributed by atoms with Gasteiger partial charge in [0.05, 0.1) is 0 Å². The van der Waals surface area contributed by atoms with Crippen molar-refractivity contribution in [2.75, 3.05) is 0 Å². The number of thiophene rings is 1. The number of rotatable bonds is 3. The Bertz CT molecular complexity index is 2130. The van der Waals surface area contributed by atoms with E-state index in [2.05, 4.69) is 130 Å². The molecule has 3 nitrogen and oxygen atoms in total. The average molecular weight is 504 g/mol. The van der Waals surface area contributed by atoms with Crippen molar-refractivity contribution in [1.29, 1.82) is 0 Å². The Morgan fingerprint density at radius 1 is 0.526 bits per heavy atom. The molecule has 0 bridgehead atoms. The van der Waals surface area contributed by atoms with Crippen molar-refractivity contribution >= 4 is 47.9 Å². The molecule has 0 spiro atoms. The molecule has 178 valence electrons. The third kappa shape index (κ3) is 3.28. The van der Waals surface area contributed by atoms with Gasteiger partial charge in [0.1, 0.15) is 0 Å². The number of hydrogen-bond acceptors (Lipinski definition) is 3. The summed E-state index contributed by atoms with van der Waals surface area (Å²) in [4.78, 5) is 0. The minimum atomic E-state index is 0.850. The summed E-state index contributed by atoms with van der Waals surface area (Å²) < 4.78 is 4.74. The summed E-state index contributed by atoms with van der Waals surface area (Å²) in [5.41, 5.74) is 6.82. The van der Waals surface area contributed by atoms with Crippen LogP contribution in [0.3, 0.4) is 0 Å². The molecule has 3 aromatic heterocycles. The lowest BCUT2D eigenvalue weighted by Gasteiger charge is -2.08. The van der Waals surface area contributed by atoms with Crippen molar-refractivity contribution in [1.82, 2.24) is 14.6 Å². The average Bonchev–Trinajstić information content (AvgIpc) is 3.59. The van der Waals surface area contributed by atoms with Crippen LogP contribution in [-0.2, 0) is 0 Å². The maximum atomic E-state index is 4.53. The highest BCUT2D eigenvalue weighted by Crippen LogP contribution is 2.40. The monoisotopic (exact) mass is 503 g/mol. The van der Waals surface area contributed by atoms with Gasteiger partial charge in [-0.25, -0.2) is 0 Å². The fourth-order valence-corrected chi connectivity index (χ4v) is 6.70. The summed E-state index contributed by atoms with van der Waals surface area (Å²) in [5, 5.41) is 14.0. The quantitative estimate of drug-likeness (QED) is 0.240. The summed E-state index contributed by atoms with van der Waals surface area (Å²) in [6.07, 6.45) is 2.05. The number of fused-ring (bicyclic) bond motifs is 6. The minimum Gasteiger partial charge on any atom is -0.282 e. The van der Waals surface area contributed by atoms with Gasteiger partial charge in [-0.05, 0) is 45.8 Å². The van der Waals surface area contributed by atoms with E-state index in [4.69, 9.17) is 0 Å². The van der Waals surface area contributed by atoms with Gasteiger partial charge in [0.15, 0.2) is 11.5 Å². The van der Waals surface area contributed by atoms with Crippen molar-refractivity contribution in [3.05, 3.63) is 128 Å². The SMILES string of the molecule is c1cc(-c2ccc(-c3nnc4c5ccccc5ccn34)cc2)cc(-c2cccc3c2sc2ccccc23)c1. The second-order valence-corrected chi connectivity index (χ2v) is 10.6. The minimum absolute atomic E-state index is 0.850. The maximum Gasteiger partial charge on any atom is 0.168 e. The van der Waals surface area contributed by atoms with Crippen LogP contribution in [0.15, 0.2) is 128 Å². The predicted molar refractivity (Wildman–Crippen MR) is 160 cm³/mol. The molecular weight excluding hydrogens is 482 g/mol. The molecule has 8 aromatic rings. The van der Waals surface area contributed by atoms with Gasteiger partial charge in [0.2, 0.25) is 0 Å². The Morgan fingerprint density at radius 2 is 1.26 bits per heavy atom. The van der Waals surface area contributed by atoms with Crippen LogP contribution in [0, 0.1) is 0 Å². The molecule has 0 aliphatic heterocycles. The Labute approximate surface area is 223 Å². The van der Waals surface area contributed by atoms with Crippen LogP contribution in [0.4, 0.5) is 0 Å². The van der Waals surface area contributed by atoms with E-state index >= 15 is 0 Å². The fourth-order valence-electron chi connectivity index (χ4n) is 5.47. The molecule has 0 amide bonds. The first kappa shape index (κ1) is 21.3. The first-order valence-electron chi connectivity index (χ1n) is 12.7. The molecule has 0 aliphatic carbocycles. The van der Waals surface area contributed by atoms with E-state index < -0.39 is 0 Å². The van der Waals surface area contributed by atoms with Crippen LogP contribution in [0.5, 0.6) is 0 Å². The molecule has 0 N–H and O–H groups in total. The summed E-state index contributed by atoms with van der Waals surface area (Å²) in [7, 11) is 0. The number of nitrogens with zero attached hydrogens (tertiary/aromatic N) is 3. The smallest absolute Gasteiger partial charge is 0.168 e. The standard InChI is InChI=1S/C34H21N3S/c1-2-10-28-23(7-1)19-20-37-33(35-36-34(28)37)24-17-15-22(16-18-24)25-8-5-9-26(21-25)27-12-6-13-30-29-11-3-4-14-31(29)38-32(27)30/h1-21H. The lowest BCUT2D eigenvalue weighted by atomic mass is 9.97. The van der Waals surface area contributed by atoms with Crippen molar-refractivity contribution < 1.29 is 0 Å². The molecule has 38 heavy (non-hydrogen) atoms. The molecule has 0 aliphatic rings. The van der Waals surface area contributed by atoms with Crippen molar-refractivity contribution in [3.63, 3.8) is 0 Å². The predicted octanol–water partition coefficient (Wildman–Crippen LogP) is 9.25. The van der Waals surface area contributed by atoms with Crippen molar-refractivity contribution in [2.24, 2.45) is 0 Å². The molecule has 0 saturated carbocycles. The van der Waals surface area contributed by atoms with Gasteiger partial charge in [-0.1, -0.05) is 103 Å². The fraction of sp³-hybridized carbons (Fsp3) is 0. The molecule has 5 aromatic carbocycles. The summed E-state index contributed by atoms with van der Waals surface area (Å²) in [6.45, 7) is 0. The van der Waals surface area contributed by atoms with Gasteiger partial charge in [-0.3, -0.25) is 4.40 Å². The van der Waals surface area contributed by atoms with Gasteiger partial charge in [-0.2, -0.15) is 0 Å². The molecule has 0 unspecified atom stereocenters. The highest BCUT2D eigenvalue weighted by Gasteiger charge is 2.13. The number of hydrogen-bond donors (Lipinski definition) is 0. The van der Waals surface area contributed by atoms with E-state index in [0.29, 0.717) is 0 Å². The van der Waals surface area contributed by atoms with E-state index in [-0.39, 0.29) is 0 Å². The van der Waals surface area contributed by atoms with E-state index in [1.807, 2.05) is 23.5 Å². The van der Waals surface area contributed by atoms with Crippen LogP contribution in [0.2, 0.25) is 0 Å². The summed E-state index contributed by atoms with van der Waals surface area (Å²) in [6, 6.07) is 43.2. The second kappa shape index (κ2) is 8.37. The van der Waals surface area contributed by atoms with Crippen molar-refractivity contribution in [2.45, 2.75) is 0 Å². The lowest BCUT2D eigenvalue weighted by Crippen LogP contribution is -1.90. The zero-order valence-corrected chi connectivity index (χ0v) is 21.2. The highest BCUT2D eigenvalue weighted by molar-refractivity contribution is 7.26. The lowest BCUT2D eigenvalue weighted by molar-refractivity contribution is 1.11. The summed E-state index contributed by atoms with van der Waals surface area (Å²) >= 11 is 1.87. The van der Waals surface area contributed by atoms with Crippen LogP contribution in [0.25, 0.3) is 70.2 Å². The van der Waals surface area contributed by atoms with E-state index in [1.54, 1.807) is 0 Å². The number of aromatic nitrogens is 3. The molecule has 8 rings (SSSR count). The largest absolute Gasteiger partial charge is 0.282 e. The van der Waals surface area contributed by atoms with E-state index in [9.17, 15) is 0 Å².